The number of ether oxygens (including phenoxy) is 1. The molecule has 0 aromatic heterocycles. The van der Waals surface area contributed by atoms with E-state index in [-0.39, 0.29) is 12.3 Å². The van der Waals surface area contributed by atoms with E-state index >= 15 is 0 Å². The van der Waals surface area contributed by atoms with E-state index in [4.69, 9.17) is 4.74 Å². The van der Waals surface area contributed by atoms with Crippen LogP contribution in [0.4, 0.5) is 10.5 Å². The topological polar surface area (TPSA) is 87.7 Å². The summed E-state index contributed by atoms with van der Waals surface area (Å²) in [7, 11) is -0.200. The van der Waals surface area contributed by atoms with Gasteiger partial charge in [0.05, 0.1) is 7.11 Å². The van der Waals surface area contributed by atoms with Crippen molar-refractivity contribution in [2.45, 2.75) is 26.3 Å². The van der Waals surface area contributed by atoms with Crippen molar-refractivity contribution in [2.75, 3.05) is 18.6 Å². The summed E-state index contributed by atoms with van der Waals surface area (Å²) in [6.45, 7) is 7.53. The molecule has 7 nitrogen and oxygen atoms in total. The summed E-state index contributed by atoms with van der Waals surface area (Å²) in [5.41, 5.74) is 1.57. The molecule has 0 bridgehead atoms. The first-order chi connectivity index (χ1) is 15.7. The minimum Gasteiger partial charge on any atom is -0.497 e. The van der Waals surface area contributed by atoms with E-state index in [0.717, 1.165) is 5.56 Å². The van der Waals surface area contributed by atoms with Crippen molar-refractivity contribution in [1.82, 2.24) is 10.0 Å². The van der Waals surface area contributed by atoms with E-state index in [1.54, 1.807) is 49.3 Å². The van der Waals surface area contributed by atoms with Crippen LogP contribution in [0, 0.1) is 0 Å². The number of halogens is 1. The molecule has 0 saturated carbocycles. The Balaban J connectivity index is 2.24. The number of carbonyl (C=O) groups is 2. The molecule has 176 valence electrons. The van der Waals surface area contributed by atoms with Crippen molar-refractivity contribution in [3.63, 3.8) is 0 Å². The molecule has 2 rings (SSSR count). The molecule has 0 saturated heterocycles. The van der Waals surface area contributed by atoms with Gasteiger partial charge in [-0.05, 0) is 49.8 Å². The van der Waals surface area contributed by atoms with Crippen LogP contribution in [0.15, 0.2) is 76.6 Å². The lowest BCUT2D eigenvalue weighted by atomic mass is 10.0. The highest BCUT2D eigenvalue weighted by molar-refractivity contribution is 9.11. The van der Waals surface area contributed by atoms with Gasteiger partial charge < -0.3 is 15.0 Å². The molecule has 2 N–H and O–H groups in total. The number of nitrogens with one attached hydrogen (secondary N) is 2. The summed E-state index contributed by atoms with van der Waals surface area (Å²) < 4.78 is 20.5. The van der Waals surface area contributed by atoms with Crippen LogP contribution in [-0.4, -0.2) is 35.8 Å². The maximum Gasteiger partial charge on any atom is 0.327 e. The predicted octanol–water partition coefficient (Wildman–Crippen LogP) is 4.43. The molecule has 33 heavy (non-hydrogen) atoms. The van der Waals surface area contributed by atoms with Gasteiger partial charge in [0.1, 0.15) is 22.8 Å². The van der Waals surface area contributed by atoms with Crippen molar-refractivity contribution in [2.24, 2.45) is 0 Å². The fraction of sp³-hybridized carbons (Fsp3) is 0.250. The van der Waals surface area contributed by atoms with Crippen molar-refractivity contribution < 1.29 is 18.5 Å². The highest BCUT2D eigenvalue weighted by Crippen LogP contribution is 2.20. The Morgan fingerprint density at radius 2 is 1.82 bits per heavy atom. The lowest BCUT2D eigenvalue weighted by molar-refractivity contribution is -0.120. The van der Waals surface area contributed by atoms with Crippen LogP contribution in [-0.2, 0) is 22.2 Å². The number of carbonyl (C=O) groups excluding carboxylic acids is 2. The molecule has 0 aliphatic rings. The monoisotopic (exact) mass is 533 g/mol. The summed E-state index contributed by atoms with van der Waals surface area (Å²) in [6, 6.07) is 14.9. The number of benzene rings is 2. The Morgan fingerprint density at radius 3 is 2.36 bits per heavy atom. The molecule has 0 spiro atoms. The first-order valence-electron chi connectivity index (χ1n) is 10.3. The SMILES string of the molecule is C=C(Br)/C=C(\C)S(=O)NC(=O)NC(Cc1ccccc1)C(=O)N(CC)c1ccc(OC)cc1. The first kappa shape index (κ1) is 26.3. The number of likely N-dealkylation sites (N-methyl/N-ethyl adjacent to an activating group) is 1. The smallest absolute Gasteiger partial charge is 0.327 e. The molecule has 9 heteroatoms. The van der Waals surface area contributed by atoms with E-state index in [1.807, 2.05) is 37.3 Å². The van der Waals surface area contributed by atoms with Gasteiger partial charge in [0.2, 0.25) is 5.91 Å². The highest BCUT2D eigenvalue weighted by Gasteiger charge is 2.27. The number of rotatable bonds is 10. The van der Waals surface area contributed by atoms with Crippen molar-refractivity contribution in [3.8, 4) is 5.75 Å². The van der Waals surface area contributed by atoms with Gasteiger partial charge in [-0.2, -0.15) is 0 Å². The molecule has 2 unspecified atom stereocenters. The van der Waals surface area contributed by atoms with Gasteiger partial charge in [0.15, 0.2) is 0 Å². The fourth-order valence-electron chi connectivity index (χ4n) is 3.09. The van der Waals surface area contributed by atoms with Gasteiger partial charge in [0.25, 0.3) is 0 Å². The van der Waals surface area contributed by atoms with E-state index in [0.29, 0.717) is 27.4 Å². The van der Waals surface area contributed by atoms with Crippen LogP contribution in [0.25, 0.3) is 0 Å². The third-order valence-electron chi connectivity index (χ3n) is 4.69. The van der Waals surface area contributed by atoms with Crippen LogP contribution >= 0.6 is 15.9 Å². The molecular weight excluding hydrogens is 506 g/mol. The van der Waals surface area contributed by atoms with Crippen molar-refractivity contribution in [1.29, 1.82) is 0 Å². The second kappa shape index (κ2) is 13.0. The van der Waals surface area contributed by atoms with Crippen molar-refractivity contribution >= 4 is 44.5 Å². The van der Waals surface area contributed by atoms with E-state index in [1.165, 1.54) is 0 Å². The predicted molar refractivity (Wildman–Crippen MR) is 137 cm³/mol. The maximum absolute atomic E-state index is 13.5. The molecule has 0 radical (unpaired) electrons. The minimum absolute atomic E-state index is 0.277. The summed E-state index contributed by atoms with van der Waals surface area (Å²) in [4.78, 5) is 28.1. The summed E-state index contributed by atoms with van der Waals surface area (Å²) >= 11 is 3.17. The van der Waals surface area contributed by atoms with Crippen LogP contribution < -0.4 is 19.7 Å². The number of methoxy groups -OCH3 is 1. The Labute approximate surface area is 205 Å². The van der Waals surface area contributed by atoms with Crippen LogP contribution in [0.3, 0.4) is 0 Å². The number of hydrogen-bond donors (Lipinski definition) is 2. The second-order valence-electron chi connectivity index (χ2n) is 7.07. The maximum atomic E-state index is 13.5. The number of hydrogen-bond acceptors (Lipinski definition) is 4. The van der Waals surface area contributed by atoms with E-state index < -0.39 is 23.1 Å². The van der Waals surface area contributed by atoms with Gasteiger partial charge in [-0.3, -0.25) is 9.52 Å². The van der Waals surface area contributed by atoms with Gasteiger partial charge in [0, 0.05) is 28.0 Å². The summed E-state index contributed by atoms with van der Waals surface area (Å²) in [6.07, 6.45) is 1.82. The van der Waals surface area contributed by atoms with Crippen molar-refractivity contribution in [3.05, 3.63) is 82.2 Å². The normalized spacial score (nSPS) is 12.9. The molecule has 0 fully saturated rings. The number of allylic oxidation sites excluding steroid dienone is 3. The quantitative estimate of drug-likeness (QED) is 0.442. The number of anilines is 1. The molecule has 0 aliphatic heterocycles. The molecule has 2 atom stereocenters. The molecule has 2 aromatic carbocycles. The number of amides is 3. The largest absolute Gasteiger partial charge is 0.497 e. The Kier molecular flexibility index (Phi) is 10.3. The molecule has 0 heterocycles. The van der Waals surface area contributed by atoms with Gasteiger partial charge in [-0.15, -0.1) is 0 Å². The molecule has 3 amide bonds. The average molecular weight is 534 g/mol. The minimum atomic E-state index is -1.77. The highest BCUT2D eigenvalue weighted by atomic mass is 79.9. The second-order valence-corrected chi connectivity index (χ2v) is 9.47. The standard InChI is InChI=1S/C24H28BrN3O4S/c1-5-28(20-11-13-21(32-4)14-12-20)23(29)22(16-19-9-7-6-8-10-19)26-24(30)27-33(31)18(3)15-17(2)25/h6-15,22H,2,5,16H2,1,3-4H3,(H2,26,27,30)/b18-15+. The Hall–Kier alpha value is -2.91. The first-order valence-corrected chi connectivity index (χ1v) is 12.2. The van der Waals surface area contributed by atoms with Crippen LogP contribution in [0.2, 0.25) is 0 Å². The zero-order chi connectivity index (χ0) is 24.4. The summed E-state index contributed by atoms with van der Waals surface area (Å²) in [5.74, 6) is 0.395. The Bertz CT molecular complexity index is 1030. The fourth-order valence-corrected chi connectivity index (χ4v) is 4.22. The molecule has 0 aliphatic carbocycles. The summed E-state index contributed by atoms with van der Waals surface area (Å²) in [5, 5.41) is 2.69. The zero-order valence-electron chi connectivity index (χ0n) is 18.8. The third kappa shape index (κ3) is 8.18. The van der Waals surface area contributed by atoms with Gasteiger partial charge in [-0.25, -0.2) is 9.00 Å². The number of urea groups is 1. The van der Waals surface area contributed by atoms with E-state index in [2.05, 4.69) is 32.5 Å². The lowest BCUT2D eigenvalue weighted by Gasteiger charge is -2.27. The van der Waals surface area contributed by atoms with Gasteiger partial charge >= 0.3 is 6.03 Å². The molecular formula is C24H28BrN3O4S. The average Bonchev–Trinajstić information content (AvgIpc) is 2.79. The van der Waals surface area contributed by atoms with Gasteiger partial charge in [-0.1, -0.05) is 52.8 Å². The molecule has 2 aromatic rings. The lowest BCUT2D eigenvalue weighted by Crippen LogP contribution is -2.52. The number of nitrogens with zero attached hydrogens (tertiary/aromatic N) is 1. The van der Waals surface area contributed by atoms with Crippen LogP contribution in [0.5, 0.6) is 5.75 Å². The third-order valence-corrected chi connectivity index (χ3v) is 5.99. The Morgan fingerprint density at radius 1 is 1.18 bits per heavy atom. The van der Waals surface area contributed by atoms with Crippen LogP contribution in [0.1, 0.15) is 19.4 Å². The van der Waals surface area contributed by atoms with E-state index in [9.17, 15) is 13.8 Å². The zero-order valence-corrected chi connectivity index (χ0v) is 21.2.